The maximum atomic E-state index is 12.9. The van der Waals surface area contributed by atoms with E-state index < -0.39 is 0 Å². The summed E-state index contributed by atoms with van der Waals surface area (Å²) in [5.41, 5.74) is 0.670. The lowest BCUT2D eigenvalue weighted by Crippen LogP contribution is -1.81. The van der Waals surface area contributed by atoms with Gasteiger partial charge >= 0.3 is 0 Å². The van der Waals surface area contributed by atoms with Gasteiger partial charge in [-0.15, -0.1) is 0 Å². The number of rotatable bonds is 0. The second-order valence-electron chi connectivity index (χ2n) is 2.24. The molecule has 0 saturated heterocycles. The molecule has 0 unspecified atom stereocenters. The van der Waals surface area contributed by atoms with E-state index in [1.165, 1.54) is 12.3 Å². The molecular weight excluding hydrogens is 141 g/mol. The number of benzene rings is 1. The molecule has 0 N–H and O–H groups in total. The standard InChI is InChI=1S/C9H5FN/c10-8-5-6-11-9-4-2-1-3-7(8)9/h2-6H. The lowest BCUT2D eigenvalue weighted by Gasteiger charge is -1.94. The number of hydrogen-bond donors (Lipinski definition) is 0. The monoisotopic (exact) mass is 146 g/mol. The first-order valence-electron chi connectivity index (χ1n) is 3.28. The van der Waals surface area contributed by atoms with Crippen molar-refractivity contribution in [3.05, 3.63) is 42.3 Å². The largest absolute Gasteiger partial charge is 0.256 e. The molecule has 11 heavy (non-hydrogen) atoms. The Kier molecular flexibility index (Phi) is 1.32. The molecule has 1 radical (unpaired) electrons. The molecule has 1 heterocycles. The second kappa shape index (κ2) is 2.31. The van der Waals surface area contributed by atoms with Crippen molar-refractivity contribution in [3.63, 3.8) is 0 Å². The molecule has 0 atom stereocenters. The van der Waals surface area contributed by atoms with Crippen LogP contribution in [0.25, 0.3) is 10.9 Å². The van der Waals surface area contributed by atoms with Gasteiger partial charge in [-0.1, -0.05) is 6.07 Å². The predicted octanol–water partition coefficient (Wildman–Crippen LogP) is 2.17. The van der Waals surface area contributed by atoms with E-state index in [1.54, 1.807) is 18.2 Å². The number of nitrogens with zero attached hydrogens (tertiary/aromatic N) is 1. The Morgan fingerprint density at radius 3 is 3.09 bits per heavy atom. The number of aromatic nitrogens is 1. The van der Waals surface area contributed by atoms with Crippen molar-refractivity contribution >= 4 is 10.9 Å². The van der Waals surface area contributed by atoms with Crippen LogP contribution in [0.4, 0.5) is 4.39 Å². The molecule has 0 amide bonds. The van der Waals surface area contributed by atoms with Crippen molar-refractivity contribution in [2.24, 2.45) is 0 Å². The van der Waals surface area contributed by atoms with Gasteiger partial charge in [-0.2, -0.15) is 0 Å². The molecule has 2 rings (SSSR count). The number of pyridine rings is 1. The zero-order chi connectivity index (χ0) is 7.68. The Hall–Kier alpha value is -1.44. The van der Waals surface area contributed by atoms with E-state index in [0.717, 1.165) is 0 Å². The van der Waals surface area contributed by atoms with E-state index >= 15 is 0 Å². The van der Waals surface area contributed by atoms with Gasteiger partial charge in [-0.05, 0) is 24.3 Å². The summed E-state index contributed by atoms with van der Waals surface area (Å²) in [6, 6.07) is 9.19. The van der Waals surface area contributed by atoms with E-state index in [9.17, 15) is 4.39 Å². The summed E-state index contributed by atoms with van der Waals surface area (Å²) in [4.78, 5) is 3.98. The minimum atomic E-state index is -0.244. The average molecular weight is 146 g/mol. The fraction of sp³-hybridized carbons (Fsp3) is 0. The summed E-state index contributed by atoms with van der Waals surface area (Å²) in [7, 11) is 0. The third-order valence-electron chi connectivity index (χ3n) is 1.53. The van der Waals surface area contributed by atoms with Gasteiger partial charge in [0, 0.05) is 11.6 Å². The van der Waals surface area contributed by atoms with Gasteiger partial charge in [-0.3, -0.25) is 4.98 Å². The first-order valence-corrected chi connectivity index (χ1v) is 3.28. The maximum Gasteiger partial charge on any atom is 0.134 e. The van der Waals surface area contributed by atoms with Crippen LogP contribution in [-0.2, 0) is 0 Å². The molecule has 0 saturated carbocycles. The van der Waals surface area contributed by atoms with Crippen molar-refractivity contribution in [3.8, 4) is 0 Å². The smallest absolute Gasteiger partial charge is 0.134 e. The Balaban J connectivity index is 2.91. The van der Waals surface area contributed by atoms with Crippen LogP contribution in [-0.4, -0.2) is 4.98 Å². The van der Waals surface area contributed by atoms with Crippen molar-refractivity contribution in [2.75, 3.05) is 0 Å². The van der Waals surface area contributed by atoms with Gasteiger partial charge < -0.3 is 0 Å². The molecule has 2 heteroatoms. The zero-order valence-corrected chi connectivity index (χ0v) is 5.71. The van der Waals surface area contributed by atoms with Gasteiger partial charge in [0.05, 0.1) is 5.52 Å². The van der Waals surface area contributed by atoms with Crippen molar-refractivity contribution in [2.45, 2.75) is 0 Å². The topological polar surface area (TPSA) is 12.9 Å². The Bertz CT molecular complexity index is 379. The summed E-state index contributed by atoms with van der Waals surface area (Å²) >= 11 is 0. The normalized spacial score (nSPS) is 10.3. The molecule has 0 aliphatic rings. The van der Waals surface area contributed by atoms with Crippen LogP contribution in [0.2, 0.25) is 0 Å². The third kappa shape index (κ3) is 0.963. The van der Waals surface area contributed by atoms with Crippen molar-refractivity contribution < 1.29 is 4.39 Å². The van der Waals surface area contributed by atoms with Gasteiger partial charge in [-0.25, -0.2) is 4.39 Å². The minimum Gasteiger partial charge on any atom is -0.256 e. The predicted molar refractivity (Wildman–Crippen MR) is 40.5 cm³/mol. The first-order chi connectivity index (χ1) is 5.38. The Morgan fingerprint density at radius 1 is 1.36 bits per heavy atom. The maximum absolute atomic E-state index is 12.9. The van der Waals surface area contributed by atoms with Crippen LogP contribution in [0.3, 0.4) is 0 Å². The van der Waals surface area contributed by atoms with Crippen LogP contribution in [0.15, 0.2) is 30.5 Å². The van der Waals surface area contributed by atoms with Crippen LogP contribution in [0.5, 0.6) is 0 Å². The molecule has 1 aromatic carbocycles. The van der Waals surface area contributed by atoms with E-state index in [2.05, 4.69) is 11.1 Å². The third-order valence-corrected chi connectivity index (χ3v) is 1.53. The highest BCUT2D eigenvalue weighted by atomic mass is 19.1. The van der Waals surface area contributed by atoms with Crippen LogP contribution >= 0.6 is 0 Å². The molecule has 0 bridgehead atoms. The molecule has 0 aliphatic carbocycles. The quantitative estimate of drug-likeness (QED) is 0.555. The first kappa shape index (κ1) is 6.28. The minimum absolute atomic E-state index is 0.244. The summed E-state index contributed by atoms with van der Waals surface area (Å²) in [5.74, 6) is -0.244. The van der Waals surface area contributed by atoms with Crippen LogP contribution in [0.1, 0.15) is 0 Å². The fourth-order valence-corrected chi connectivity index (χ4v) is 0.999. The van der Waals surface area contributed by atoms with Gasteiger partial charge in [0.25, 0.3) is 0 Å². The van der Waals surface area contributed by atoms with Crippen molar-refractivity contribution in [1.29, 1.82) is 0 Å². The number of fused-ring (bicyclic) bond motifs is 1. The molecule has 53 valence electrons. The zero-order valence-electron chi connectivity index (χ0n) is 5.71. The summed E-state index contributed by atoms with van der Waals surface area (Å²) in [6.07, 6.45) is 1.46. The lowest BCUT2D eigenvalue weighted by molar-refractivity contribution is 0.638. The molecule has 2 aromatic rings. The molecule has 0 spiro atoms. The van der Waals surface area contributed by atoms with E-state index in [0.29, 0.717) is 10.9 Å². The molecule has 0 fully saturated rings. The SMILES string of the molecule is Fc1ccnc2cc[c]cc12. The summed E-state index contributed by atoms with van der Waals surface area (Å²) in [5, 5.41) is 0.523. The summed E-state index contributed by atoms with van der Waals surface area (Å²) < 4.78 is 12.9. The number of hydrogen-bond acceptors (Lipinski definition) is 1. The van der Waals surface area contributed by atoms with Gasteiger partial charge in [0.1, 0.15) is 5.82 Å². The number of halogens is 1. The van der Waals surface area contributed by atoms with E-state index in [1.807, 2.05) is 0 Å². The average Bonchev–Trinajstić information content (AvgIpc) is 2.06. The summed E-state index contributed by atoms with van der Waals surface area (Å²) in [6.45, 7) is 0. The lowest BCUT2D eigenvalue weighted by atomic mass is 10.2. The van der Waals surface area contributed by atoms with Crippen LogP contribution < -0.4 is 0 Å². The van der Waals surface area contributed by atoms with E-state index in [-0.39, 0.29) is 5.82 Å². The molecular formula is C9H5FN. The van der Waals surface area contributed by atoms with Gasteiger partial charge in [0.15, 0.2) is 0 Å². The van der Waals surface area contributed by atoms with Gasteiger partial charge in [0.2, 0.25) is 0 Å². The highest BCUT2D eigenvalue weighted by molar-refractivity contribution is 5.78. The highest BCUT2D eigenvalue weighted by Gasteiger charge is 1.97. The Labute approximate surface area is 63.5 Å². The Morgan fingerprint density at radius 2 is 2.27 bits per heavy atom. The highest BCUT2D eigenvalue weighted by Crippen LogP contribution is 2.12. The molecule has 1 aromatic heterocycles. The molecule has 0 aliphatic heterocycles. The van der Waals surface area contributed by atoms with Crippen molar-refractivity contribution in [1.82, 2.24) is 4.98 Å². The fourth-order valence-electron chi connectivity index (χ4n) is 0.999. The van der Waals surface area contributed by atoms with Crippen LogP contribution in [0, 0.1) is 11.9 Å². The molecule has 1 nitrogen and oxygen atoms in total. The van der Waals surface area contributed by atoms with E-state index in [4.69, 9.17) is 0 Å². The second-order valence-corrected chi connectivity index (χ2v) is 2.24.